The van der Waals surface area contributed by atoms with Crippen molar-refractivity contribution in [2.45, 2.75) is 12.5 Å². The summed E-state index contributed by atoms with van der Waals surface area (Å²) in [5.74, 6) is 0.00761. The first kappa shape index (κ1) is 12.5. The number of alkyl halides is 2. The molecule has 1 aromatic carbocycles. The summed E-state index contributed by atoms with van der Waals surface area (Å²) in [6.45, 7) is 0. The van der Waals surface area contributed by atoms with Gasteiger partial charge in [0.2, 0.25) is 0 Å². The van der Waals surface area contributed by atoms with Gasteiger partial charge >= 0.3 is 0 Å². The molecule has 0 aliphatic carbocycles. The summed E-state index contributed by atoms with van der Waals surface area (Å²) >= 11 is 0. The van der Waals surface area contributed by atoms with Crippen LogP contribution in [-0.2, 0) is 0 Å². The van der Waals surface area contributed by atoms with Crippen LogP contribution in [0.5, 0.6) is 17.2 Å². The number of halogens is 2. The van der Waals surface area contributed by atoms with E-state index in [0.29, 0.717) is 0 Å². The van der Waals surface area contributed by atoms with Crippen molar-refractivity contribution in [3.05, 3.63) is 17.7 Å². The SMILES string of the molecule is COc1cc(O)cc(OC)c1[C@@H](N)C(F)F. The summed E-state index contributed by atoms with van der Waals surface area (Å²) < 4.78 is 34.9. The van der Waals surface area contributed by atoms with Crippen molar-refractivity contribution in [3.8, 4) is 17.2 Å². The van der Waals surface area contributed by atoms with Gasteiger partial charge in [0.15, 0.2) is 0 Å². The molecule has 0 aromatic heterocycles. The number of methoxy groups -OCH3 is 2. The van der Waals surface area contributed by atoms with Crippen LogP contribution >= 0.6 is 0 Å². The Labute approximate surface area is 91.6 Å². The normalized spacial score (nSPS) is 12.6. The molecule has 16 heavy (non-hydrogen) atoms. The fourth-order valence-electron chi connectivity index (χ4n) is 1.38. The van der Waals surface area contributed by atoms with Crippen LogP contribution in [0.15, 0.2) is 12.1 Å². The Morgan fingerprint density at radius 1 is 1.19 bits per heavy atom. The molecule has 0 heterocycles. The van der Waals surface area contributed by atoms with E-state index in [4.69, 9.17) is 15.2 Å². The van der Waals surface area contributed by atoms with Gasteiger partial charge in [0.1, 0.15) is 17.2 Å². The molecule has 1 atom stereocenters. The Hall–Kier alpha value is -1.56. The molecule has 90 valence electrons. The molecule has 0 radical (unpaired) electrons. The minimum absolute atomic E-state index is 0.0396. The van der Waals surface area contributed by atoms with Crippen LogP contribution in [0, 0.1) is 0 Å². The molecule has 3 N–H and O–H groups in total. The van der Waals surface area contributed by atoms with Crippen molar-refractivity contribution in [1.29, 1.82) is 0 Å². The predicted molar refractivity (Wildman–Crippen MR) is 54.1 cm³/mol. The summed E-state index contributed by atoms with van der Waals surface area (Å²) in [5, 5.41) is 9.31. The average molecular weight is 233 g/mol. The van der Waals surface area contributed by atoms with Crippen LogP contribution in [-0.4, -0.2) is 25.8 Å². The fourth-order valence-corrected chi connectivity index (χ4v) is 1.38. The van der Waals surface area contributed by atoms with Crippen molar-refractivity contribution in [1.82, 2.24) is 0 Å². The Kier molecular flexibility index (Phi) is 3.89. The fraction of sp³-hybridized carbons (Fsp3) is 0.400. The minimum atomic E-state index is -2.74. The van der Waals surface area contributed by atoms with Crippen molar-refractivity contribution >= 4 is 0 Å². The Morgan fingerprint density at radius 2 is 1.62 bits per heavy atom. The molecule has 0 aliphatic heterocycles. The first-order valence-corrected chi connectivity index (χ1v) is 4.49. The first-order chi connectivity index (χ1) is 7.51. The summed E-state index contributed by atoms with van der Waals surface area (Å²) in [6, 6.07) is 0.894. The molecule has 0 spiro atoms. The molecule has 0 fully saturated rings. The number of ether oxygens (including phenoxy) is 2. The molecular weight excluding hydrogens is 220 g/mol. The lowest BCUT2D eigenvalue weighted by molar-refractivity contribution is 0.113. The van der Waals surface area contributed by atoms with Crippen LogP contribution in [0.25, 0.3) is 0 Å². The van der Waals surface area contributed by atoms with Gasteiger partial charge in [0.05, 0.1) is 25.8 Å². The number of phenols is 1. The van der Waals surface area contributed by atoms with E-state index >= 15 is 0 Å². The van der Waals surface area contributed by atoms with E-state index in [1.54, 1.807) is 0 Å². The summed E-state index contributed by atoms with van der Waals surface area (Å²) in [5.41, 5.74) is 5.39. The lowest BCUT2D eigenvalue weighted by Gasteiger charge is -2.18. The second kappa shape index (κ2) is 4.98. The van der Waals surface area contributed by atoms with Crippen LogP contribution in [0.3, 0.4) is 0 Å². The molecule has 1 rings (SSSR count). The zero-order valence-electron chi connectivity index (χ0n) is 8.91. The van der Waals surface area contributed by atoms with Crippen LogP contribution in [0.2, 0.25) is 0 Å². The van der Waals surface area contributed by atoms with Crippen LogP contribution < -0.4 is 15.2 Å². The van der Waals surface area contributed by atoms with Gasteiger partial charge in [-0.05, 0) is 0 Å². The van der Waals surface area contributed by atoms with Gasteiger partial charge in [-0.25, -0.2) is 8.78 Å². The molecule has 0 amide bonds. The van der Waals surface area contributed by atoms with Crippen molar-refractivity contribution in [3.63, 3.8) is 0 Å². The molecule has 0 saturated heterocycles. The van der Waals surface area contributed by atoms with E-state index < -0.39 is 12.5 Å². The highest BCUT2D eigenvalue weighted by atomic mass is 19.3. The lowest BCUT2D eigenvalue weighted by Crippen LogP contribution is -2.20. The summed E-state index contributed by atoms with van der Waals surface area (Å²) in [6.07, 6.45) is -2.74. The average Bonchev–Trinajstić information content (AvgIpc) is 2.26. The number of nitrogens with two attached hydrogens (primary N) is 1. The largest absolute Gasteiger partial charge is 0.508 e. The Balaban J connectivity index is 3.32. The number of hydrogen-bond donors (Lipinski definition) is 2. The van der Waals surface area contributed by atoms with E-state index in [-0.39, 0.29) is 22.8 Å². The topological polar surface area (TPSA) is 64.7 Å². The van der Waals surface area contributed by atoms with Crippen LogP contribution in [0.1, 0.15) is 11.6 Å². The molecular formula is C10H13F2NO3. The highest BCUT2D eigenvalue weighted by Crippen LogP contribution is 2.38. The van der Waals surface area contributed by atoms with E-state index in [0.717, 1.165) is 0 Å². The molecule has 4 nitrogen and oxygen atoms in total. The zero-order valence-corrected chi connectivity index (χ0v) is 8.91. The molecule has 6 heteroatoms. The second-order valence-electron chi connectivity index (χ2n) is 3.12. The van der Waals surface area contributed by atoms with E-state index in [1.807, 2.05) is 0 Å². The van der Waals surface area contributed by atoms with Crippen molar-refractivity contribution < 1.29 is 23.4 Å². The van der Waals surface area contributed by atoms with Gasteiger partial charge in [-0.1, -0.05) is 0 Å². The highest BCUT2D eigenvalue weighted by Gasteiger charge is 2.26. The number of rotatable bonds is 4. The third-order valence-corrected chi connectivity index (χ3v) is 2.13. The van der Waals surface area contributed by atoms with Gasteiger partial charge in [-0.2, -0.15) is 0 Å². The second-order valence-corrected chi connectivity index (χ2v) is 3.12. The summed E-state index contributed by atoms with van der Waals surface area (Å²) in [4.78, 5) is 0. The standard InChI is InChI=1S/C10H13F2NO3/c1-15-6-3-5(14)4-7(16-2)8(6)9(13)10(11)12/h3-4,9-10,14H,13H2,1-2H3/t9-/m1/s1. The number of hydrogen-bond acceptors (Lipinski definition) is 4. The van der Waals surface area contributed by atoms with Crippen molar-refractivity contribution in [2.75, 3.05) is 14.2 Å². The van der Waals surface area contributed by atoms with Gasteiger partial charge in [0, 0.05) is 12.1 Å². The van der Waals surface area contributed by atoms with Crippen LogP contribution in [0.4, 0.5) is 8.78 Å². The molecule has 0 aliphatic rings. The zero-order chi connectivity index (χ0) is 12.3. The van der Waals surface area contributed by atoms with E-state index in [9.17, 15) is 13.9 Å². The quantitative estimate of drug-likeness (QED) is 0.830. The number of phenolic OH excluding ortho intramolecular Hbond substituents is 1. The maximum absolute atomic E-state index is 12.5. The smallest absolute Gasteiger partial charge is 0.257 e. The van der Waals surface area contributed by atoms with Gasteiger partial charge in [0.25, 0.3) is 6.43 Å². The number of benzene rings is 1. The maximum atomic E-state index is 12.5. The first-order valence-electron chi connectivity index (χ1n) is 4.49. The third-order valence-electron chi connectivity index (χ3n) is 2.13. The monoisotopic (exact) mass is 233 g/mol. The van der Waals surface area contributed by atoms with Gasteiger partial charge < -0.3 is 20.3 Å². The lowest BCUT2D eigenvalue weighted by atomic mass is 10.0. The van der Waals surface area contributed by atoms with Crippen molar-refractivity contribution in [2.24, 2.45) is 5.73 Å². The van der Waals surface area contributed by atoms with E-state index in [1.165, 1.54) is 26.4 Å². The van der Waals surface area contributed by atoms with Gasteiger partial charge in [-0.15, -0.1) is 0 Å². The predicted octanol–water partition coefficient (Wildman–Crippen LogP) is 1.67. The minimum Gasteiger partial charge on any atom is -0.508 e. The van der Waals surface area contributed by atoms with Gasteiger partial charge in [-0.3, -0.25) is 0 Å². The maximum Gasteiger partial charge on any atom is 0.257 e. The highest BCUT2D eigenvalue weighted by molar-refractivity contribution is 5.52. The van der Waals surface area contributed by atoms with E-state index in [2.05, 4.69) is 0 Å². The summed E-state index contributed by atoms with van der Waals surface area (Å²) in [7, 11) is 2.60. The molecule has 0 bridgehead atoms. The Bertz CT molecular complexity index is 346. The molecule has 0 saturated carbocycles. The third kappa shape index (κ3) is 2.33. The molecule has 1 aromatic rings. The number of aromatic hydroxyl groups is 1. The Morgan fingerprint density at radius 3 is 1.94 bits per heavy atom. The molecule has 0 unspecified atom stereocenters.